The Bertz CT molecular complexity index is 750. The number of halogens is 1. The van der Waals surface area contributed by atoms with Crippen molar-refractivity contribution in [1.82, 2.24) is 10.3 Å². The van der Waals surface area contributed by atoms with Gasteiger partial charge in [-0.3, -0.25) is 4.98 Å². The van der Waals surface area contributed by atoms with E-state index in [1.807, 2.05) is 49.4 Å². The summed E-state index contributed by atoms with van der Waals surface area (Å²) in [6.07, 6.45) is 1.78. The van der Waals surface area contributed by atoms with Gasteiger partial charge >= 0.3 is 0 Å². The molecule has 3 heteroatoms. The van der Waals surface area contributed by atoms with E-state index in [0.29, 0.717) is 5.56 Å². The molecule has 106 valence electrons. The lowest BCUT2D eigenvalue weighted by molar-refractivity contribution is 0.560. The molecule has 1 unspecified atom stereocenters. The van der Waals surface area contributed by atoms with Crippen LogP contribution >= 0.6 is 0 Å². The van der Waals surface area contributed by atoms with Gasteiger partial charge in [0, 0.05) is 17.1 Å². The van der Waals surface area contributed by atoms with Gasteiger partial charge in [-0.2, -0.15) is 0 Å². The molecule has 1 heterocycles. The lowest BCUT2D eigenvalue weighted by atomic mass is 9.95. The third kappa shape index (κ3) is 2.65. The molecule has 0 radical (unpaired) electrons. The molecular formula is C18H17FN2. The Kier molecular flexibility index (Phi) is 3.93. The van der Waals surface area contributed by atoms with Crippen molar-refractivity contribution in [2.24, 2.45) is 0 Å². The van der Waals surface area contributed by atoms with Gasteiger partial charge in [0.05, 0.1) is 11.6 Å². The number of para-hydroxylation sites is 1. The highest BCUT2D eigenvalue weighted by Gasteiger charge is 2.18. The molecule has 0 aliphatic rings. The predicted molar refractivity (Wildman–Crippen MR) is 83.7 cm³/mol. The van der Waals surface area contributed by atoms with Crippen LogP contribution in [0.3, 0.4) is 0 Å². The average molecular weight is 280 g/mol. The second-order valence-corrected chi connectivity index (χ2v) is 4.93. The van der Waals surface area contributed by atoms with Crippen molar-refractivity contribution < 1.29 is 4.39 Å². The summed E-state index contributed by atoms with van der Waals surface area (Å²) in [5.74, 6) is -0.190. The lowest BCUT2D eigenvalue weighted by Crippen LogP contribution is -2.23. The first-order valence-corrected chi connectivity index (χ1v) is 7.12. The molecule has 1 aromatic heterocycles. The van der Waals surface area contributed by atoms with Gasteiger partial charge in [0.1, 0.15) is 5.82 Å². The standard InChI is InChI=1S/C18H17FN2/c1-2-20-18(15-8-3-5-9-16(15)19)14-11-12-21-17-10-6-4-7-13(14)17/h3-12,18,20H,2H2,1H3. The van der Waals surface area contributed by atoms with Crippen molar-refractivity contribution in [3.63, 3.8) is 0 Å². The van der Waals surface area contributed by atoms with Crippen LogP contribution in [0.15, 0.2) is 60.8 Å². The second kappa shape index (κ2) is 6.02. The third-order valence-corrected chi connectivity index (χ3v) is 3.62. The van der Waals surface area contributed by atoms with E-state index >= 15 is 0 Å². The van der Waals surface area contributed by atoms with E-state index in [9.17, 15) is 4.39 Å². The highest BCUT2D eigenvalue weighted by molar-refractivity contribution is 5.82. The van der Waals surface area contributed by atoms with Gasteiger partial charge in [-0.1, -0.05) is 43.3 Å². The Balaban J connectivity index is 2.19. The van der Waals surface area contributed by atoms with Gasteiger partial charge in [0.25, 0.3) is 0 Å². The smallest absolute Gasteiger partial charge is 0.128 e. The molecule has 0 aliphatic carbocycles. The topological polar surface area (TPSA) is 24.9 Å². The normalized spacial score (nSPS) is 12.5. The van der Waals surface area contributed by atoms with Gasteiger partial charge in [0.2, 0.25) is 0 Å². The average Bonchev–Trinajstić information content (AvgIpc) is 2.53. The van der Waals surface area contributed by atoms with E-state index in [0.717, 1.165) is 23.0 Å². The molecule has 3 aromatic rings. The quantitative estimate of drug-likeness (QED) is 0.779. The van der Waals surface area contributed by atoms with Crippen LogP contribution in [0, 0.1) is 5.82 Å². The molecule has 0 spiro atoms. The molecular weight excluding hydrogens is 263 g/mol. The molecule has 0 saturated carbocycles. The van der Waals surface area contributed by atoms with E-state index in [1.54, 1.807) is 12.3 Å². The molecule has 0 fully saturated rings. The number of pyridine rings is 1. The van der Waals surface area contributed by atoms with Crippen LogP contribution in [0.2, 0.25) is 0 Å². The Hall–Kier alpha value is -2.26. The maximum atomic E-state index is 14.2. The fraction of sp³-hybridized carbons (Fsp3) is 0.167. The summed E-state index contributed by atoms with van der Waals surface area (Å²) >= 11 is 0. The number of hydrogen-bond acceptors (Lipinski definition) is 2. The van der Waals surface area contributed by atoms with Gasteiger partial charge in [-0.05, 0) is 30.3 Å². The van der Waals surface area contributed by atoms with Crippen molar-refractivity contribution >= 4 is 10.9 Å². The molecule has 2 nitrogen and oxygen atoms in total. The molecule has 1 atom stereocenters. The Labute approximate surface area is 123 Å². The zero-order chi connectivity index (χ0) is 14.7. The monoisotopic (exact) mass is 280 g/mol. The summed E-state index contributed by atoms with van der Waals surface area (Å²) in [6, 6.07) is 16.7. The number of nitrogens with zero attached hydrogens (tertiary/aromatic N) is 1. The Morgan fingerprint density at radius 2 is 1.76 bits per heavy atom. The SMILES string of the molecule is CCNC(c1ccccc1F)c1ccnc2ccccc12. The fourth-order valence-corrected chi connectivity index (χ4v) is 2.67. The lowest BCUT2D eigenvalue weighted by Gasteiger charge is -2.21. The van der Waals surface area contributed by atoms with Crippen LogP contribution in [-0.4, -0.2) is 11.5 Å². The fourth-order valence-electron chi connectivity index (χ4n) is 2.67. The van der Waals surface area contributed by atoms with E-state index in [2.05, 4.69) is 10.3 Å². The zero-order valence-electron chi connectivity index (χ0n) is 11.9. The highest BCUT2D eigenvalue weighted by atomic mass is 19.1. The number of hydrogen-bond donors (Lipinski definition) is 1. The summed E-state index contributed by atoms with van der Waals surface area (Å²) < 4.78 is 14.2. The van der Waals surface area contributed by atoms with Gasteiger partial charge in [-0.15, -0.1) is 0 Å². The van der Waals surface area contributed by atoms with Crippen LogP contribution in [0.4, 0.5) is 4.39 Å². The molecule has 0 amide bonds. The first-order valence-electron chi connectivity index (χ1n) is 7.12. The Morgan fingerprint density at radius 1 is 1.00 bits per heavy atom. The zero-order valence-corrected chi connectivity index (χ0v) is 11.9. The molecule has 0 aliphatic heterocycles. The minimum absolute atomic E-state index is 0.177. The first kappa shape index (κ1) is 13.7. The summed E-state index contributed by atoms with van der Waals surface area (Å²) in [4.78, 5) is 4.38. The molecule has 3 rings (SSSR count). The van der Waals surface area contributed by atoms with Gasteiger partial charge in [0.15, 0.2) is 0 Å². The summed E-state index contributed by atoms with van der Waals surface area (Å²) in [6.45, 7) is 2.78. The Morgan fingerprint density at radius 3 is 2.57 bits per heavy atom. The number of fused-ring (bicyclic) bond motifs is 1. The van der Waals surface area contributed by atoms with E-state index in [1.165, 1.54) is 6.07 Å². The van der Waals surface area contributed by atoms with Crippen LogP contribution < -0.4 is 5.32 Å². The van der Waals surface area contributed by atoms with Crippen molar-refractivity contribution in [1.29, 1.82) is 0 Å². The number of nitrogens with one attached hydrogen (secondary N) is 1. The van der Waals surface area contributed by atoms with Crippen molar-refractivity contribution in [2.75, 3.05) is 6.54 Å². The minimum Gasteiger partial charge on any atom is -0.306 e. The second-order valence-electron chi connectivity index (χ2n) is 4.93. The predicted octanol–water partition coefficient (Wildman–Crippen LogP) is 4.07. The van der Waals surface area contributed by atoms with Crippen molar-refractivity contribution in [3.8, 4) is 0 Å². The van der Waals surface area contributed by atoms with Crippen molar-refractivity contribution in [2.45, 2.75) is 13.0 Å². The highest BCUT2D eigenvalue weighted by Crippen LogP contribution is 2.29. The van der Waals surface area contributed by atoms with Crippen LogP contribution in [0.1, 0.15) is 24.1 Å². The van der Waals surface area contributed by atoms with E-state index in [4.69, 9.17) is 0 Å². The number of rotatable bonds is 4. The first-order chi connectivity index (χ1) is 10.3. The molecule has 0 bridgehead atoms. The largest absolute Gasteiger partial charge is 0.306 e. The van der Waals surface area contributed by atoms with Crippen LogP contribution in [0.5, 0.6) is 0 Å². The minimum atomic E-state index is -0.190. The molecule has 2 aromatic carbocycles. The van der Waals surface area contributed by atoms with Crippen LogP contribution in [0.25, 0.3) is 10.9 Å². The summed E-state index contributed by atoms with van der Waals surface area (Å²) in [5, 5.41) is 4.43. The van der Waals surface area contributed by atoms with E-state index in [-0.39, 0.29) is 11.9 Å². The van der Waals surface area contributed by atoms with E-state index < -0.39 is 0 Å². The molecule has 0 saturated heterocycles. The van der Waals surface area contributed by atoms with Gasteiger partial charge in [-0.25, -0.2) is 4.39 Å². The molecule has 21 heavy (non-hydrogen) atoms. The summed E-state index contributed by atoms with van der Waals surface area (Å²) in [5.41, 5.74) is 2.64. The maximum Gasteiger partial charge on any atom is 0.128 e. The van der Waals surface area contributed by atoms with Crippen molar-refractivity contribution in [3.05, 3.63) is 77.7 Å². The molecule has 1 N–H and O–H groups in total. The third-order valence-electron chi connectivity index (χ3n) is 3.62. The maximum absolute atomic E-state index is 14.2. The summed E-state index contributed by atoms with van der Waals surface area (Å²) in [7, 11) is 0. The van der Waals surface area contributed by atoms with Crippen LogP contribution in [-0.2, 0) is 0 Å². The number of benzene rings is 2. The number of aromatic nitrogens is 1. The van der Waals surface area contributed by atoms with Gasteiger partial charge < -0.3 is 5.32 Å².